The summed E-state index contributed by atoms with van der Waals surface area (Å²) in [6.07, 6.45) is 7.00. The number of esters is 2. The molecular weight excluding hydrogens is 370 g/mol. The van der Waals surface area contributed by atoms with E-state index in [1.807, 2.05) is 19.1 Å². The van der Waals surface area contributed by atoms with E-state index in [1.165, 1.54) is 49.0 Å². The summed E-state index contributed by atoms with van der Waals surface area (Å²) in [5.74, 6) is -2.05. The maximum Gasteiger partial charge on any atom is 0.422 e. The average Bonchev–Trinajstić information content (AvgIpc) is 2.99. The highest BCUT2D eigenvalue weighted by Crippen LogP contribution is 2.32. The Balaban J connectivity index is 2.04. The van der Waals surface area contributed by atoms with Crippen molar-refractivity contribution in [1.82, 2.24) is 0 Å². The normalized spacial score (nSPS) is 15.8. The van der Waals surface area contributed by atoms with Gasteiger partial charge in [-0.2, -0.15) is 0 Å². The number of hydrogen-bond acceptors (Lipinski definition) is 5. The highest BCUT2D eigenvalue weighted by atomic mass is 16.6. The minimum Gasteiger partial charge on any atom is -0.465 e. The van der Waals surface area contributed by atoms with Gasteiger partial charge in [-0.3, -0.25) is 14.5 Å². The summed E-state index contributed by atoms with van der Waals surface area (Å²) in [6.45, 7) is 5.68. The van der Waals surface area contributed by atoms with E-state index in [0.717, 1.165) is 0 Å². The fraction of sp³-hybridized carbons (Fsp3) is 0.609. The molecule has 0 bridgehead atoms. The van der Waals surface area contributed by atoms with Crippen LogP contribution in [0.3, 0.4) is 0 Å². The van der Waals surface area contributed by atoms with Crippen LogP contribution in [0.1, 0.15) is 77.2 Å². The van der Waals surface area contributed by atoms with E-state index in [2.05, 4.69) is 12.1 Å². The van der Waals surface area contributed by atoms with Crippen molar-refractivity contribution in [2.45, 2.75) is 71.6 Å². The molecule has 0 N–H and O–H groups in total. The Labute approximate surface area is 173 Å². The van der Waals surface area contributed by atoms with Gasteiger partial charge in [0, 0.05) is 12.2 Å². The lowest BCUT2D eigenvalue weighted by Gasteiger charge is -2.22. The molecule has 0 saturated heterocycles. The molecule has 2 rings (SSSR count). The largest absolute Gasteiger partial charge is 0.465 e. The van der Waals surface area contributed by atoms with E-state index < -0.39 is 23.9 Å². The highest BCUT2D eigenvalue weighted by molar-refractivity contribution is 6.02. The number of benzene rings is 1. The van der Waals surface area contributed by atoms with Crippen LogP contribution in [0.15, 0.2) is 24.3 Å². The molecule has 1 saturated carbocycles. The van der Waals surface area contributed by atoms with Crippen molar-refractivity contribution < 1.29 is 23.9 Å². The molecule has 1 unspecified atom stereocenters. The number of ether oxygens (including phenoxy) is 2. The molecule has 1 aliphatic carbocycles. The molecule has 0 radical (unpaired) electrons. The topological polar surface area (TPSA) is 72.9 Å². The number of carbonyl (C=O) groups excluding carboxylic acids is 3. The van der Waals surface area contributed by atoms with Crippen molar-refractivity contribution in [3.63, 3.8) is 0 Å². The van der Waals surface area contributed by atoms with Crippen LogP contribution in [0.5, 0.6) is 0 Å². The van der Waals surface area contributed by atoms with E-state index in [4.69, 9.17) is 9.47 Å². The number of nitrogens with zero attached hydrogens (tertiary/aromatic N) is 1. The van der Waals surface area contributed by atoms with Gasteiger partial charge in [0.1, 0.15) is 0 Å². The average molecular weight is 404 g/mol. The Morgan fingerprint density at radius 3 is 2.10 bits per heavy atom. The maximum atomic E-state index is 12.5. The molecule has 0 spiro atoms. The molecule has 1 amide bonds. The zero-order valence-corrected chi connectivity index (χ0v) is 17.8. The molecule has 1 aromatic carbocycles. The summed E-state index contributed by atoms with van der Waals surface area (Å²) in [7, 11) is 0. The van der Waals surface area contributed by atoms with Crippen LogP contribution >= 0.6 is 0 Å². The number of amides is 1. The van der Waals surface area contributed by atoms with Crippen LogP contribution in [0, 0.1) is 5.92 Å². The molecule has 1 aliphatic rings. The predicted octanol–water partition coefficient (Wildman–Crippen LogP) is 5.20. The molecule has 1 aromatic rings. The third kappa shape index (κ3) is 6.31. The van der Waals surface area contributed by atoms with Crippen molar-refractivity contribution in [3.05, 3.63) is 29.8 Å². The van der Waals surface area contributed by atoms with Gasteiger partial charge in [-0.05, 0) is 56.7 Å². The van der Waals surface area contributed by atoms with Crippen molar-refractivity contribution in [1.29, 1.82) is 0 Å². The van der Waals surface area contributed by atoms with Crippen LogP contribution < -0.4 is 4.90 Å². The third-order valence-corrected chi connectivity index (χ3v) is 5.52. The van der Waals surface area contributed by atoms with E-state index in [0.29, 0.717) is 18.2 Å². The Morgan fingerprint density at radius 1 is 0.966 bits per heavy atom. The smallest absolute Gasteiger partial charge is 0.422 e. The van der Waals surface area contributed by atoms with E-state index in [1.54, 1.807) is 13.8 Å². The zero-order valence-electron chi connectivity index (χ0n) is 17.8. The predicted molar refractivity (Wildman–Crippen MR) is 112 cm³/mol. The van der Waals surface area contributed by atoms with Gasteiger partial charge in [-0.25, -0.2) is 4.79 Å². The van der Waals surface area contributed by atoms with Crippen LogP contribution in [0.4, 0.5) is 10.5 Å². The third-order valence-electron chi connectivity index (χ3n) is 5.52. The summed E-state index contributed by atoms with van der Waals surface area (Å²) < 4.78 is 9.87. The molecule has 6 heteroatoms. The quantitative estimate of drug-likeness (QED) is 0.355. The lowest BCUT2D eigenvalue weighted by Crippen LogP contribution is -2.36. The number of hydrogen-bond donors (Lipinski definition) is 0. The summed E-state index contributed by atoms with van der Waals surface area (Å²) in [5, 5.41) is 0. The van der Waals surface area contributed by atoms with Crippen molar-refractivity contribution >= 4 is 23.7 Å². The molecule has 0 aromatic heterocycles. The lowest BCUT2D eigenvalue weighted by molar-refractivity contribution is -0.158. The van der Waals surface area contributed by atoms with Gasteiger partial charge in [-0.15, -0.1) is 0 Å². The van der Waals surface area contributed by atoms with Crippen LogP contribution in [-0.2, 0) is 19.1 Å². The molecule has 1 atom stereocenters. The van der Waals surface area contributed by atoms with Gasteiger partial charge in [0.15, 0.2) is 5.92 Å². The van der Waals surface area contributed by atoms with E-state index >= 15 is 0 Å². The van der Waals surface area contributed by atoms with Crippen molar-refractivity contribution in [2.75, 3.05) is 18.1 Å². The Bertz CT molecular complexity index is 677. The van der Waals surface area contributed by atoms with Crippen LogP contribution in [0.2, 0.25) is 0 Å². The second-order valence-electron chi connectivity index (χ2n) is 7.42. The molecule has 160 valence electrons. The summed E-state index contributed by atoms with van der Waals surface area (Å²) in [5.41, 5.74) is 1.97. The molecule has 1 fully saturated rings. The first kappa shape index (κ1) is 22.9. The Morgan fingerprint density at radius 2 is 1.59 bits per heavy atom. The molecular formula is C23H33NO5. The molecule has 6 nitrogen and oxygen atoms in total. The van der Waals surface area contributed by atoms with Gasteiger partial charge in [0.25, 0.3) is 0 Å². The Kier molecular flexibility index (Phi) is 9.16. The van der Waals surface area contributed by atoms with Crippen LogP contribution in [-0.4, -0.2) is 31.2 Å². The lowest BCUT2D eigenvalue weighted by atomic mass is 9.92. The second-order valence-corrected chi connectivity index (χ2v) is 7.42. The van der Waals surface area contributed by atoms with Gasteiger partial charge >= 0.3 is 18.0 Å². The number of rotatable bonds is 7. The van der Waals surface area contributed by atoms with Gasteiger partial charge in [0.2, 0.25) is 0 Å². The van der Waals surface area contributed by atoms with Gasteiger partial charge < -0.3 is 9.47 Å². The standard InChI is InChI=1S/C23H33NO5/c1-4-20(21(25)28-6-3)22(26)29-23(27)24(5-2)19-15-13-18(14-16-19)17-11-9-7-8-10-12-17/h13-17,20H,4-12H2,1-3H3. The first-order chi connectivity index (χ1) is 14.0. The molecule has 0 heterocycles. The maximum absolute atomic E-state index is 12.5. The van der Waals surface area contributed by atoms with E-state index in [-0.39, 0.29) is 13.0 Å². The van der Waals surface area contributed by atoms with Gasteiger partial charge in [-0.1, -0.05) is 44.7 Å². The zero-order chi connectivity index (χ0) is 21.2. The molecule has 29 heavy (non-hydrogen) atoms. The summed E-state index contributed by atoms with van der Waals surface area (Å²) in [4.78, 5) is 38.1. The molecule has 0 aliphatic heterocycles. The monoisotopic (exact) mass is 403 g/mol. The summed E-state index contributed by atoms with van der Waals surface area (Å²) >= 11 is 0. The number of anilines is 1. The fourth-order valence-electron chi connectivity index (χ4n) is 3.84. The second kappa shape index (κ2) is 11.6. The van der Waals surface area contributed by atoms with Crippen molar-refractivity contribution in [3.8, 4) is 0 Å². The van der Waals surface area contributed by atoms with E-state index in [9.17, 15) is 14.4 Å². The SMILES string of the molecule is CCOC(=O)C(CC)C(=O)OC(=O)N(CC)c1ccc(C2CCCCCC2)cc1. The summed E-state index contributed by atoms with van der Waals surface area (Å²) in [6, 6.07) is 7.93. The highest BCUT2D eigenvalue weighted by Gasteiger charge is 2.31. The minimum absolute atomic E-state index is 0.172. The minimum atomic E-state index is -1.09. The Hall–Kier alpha value is -2.37. The van der Waals surface area contributed by atoms with Crippen LogP contribution in [0.25, 0.3) is 0 Å². The number of carbonyl (C=O) groups is 3. The first-order valence-electron chi connectivity index (χ1n) is 10.8. The first-order valence-corrected chi connectivity index (χ1v) is 10.8. The fourth-order valence-corrected chi connectivity index (χ4v) is 3.84. The van der Waals surface area contributed by atoms with Gasteiger partial charge in [0.05, 0.1) is 6.61 Å². The van der Waals surface area contributed by atoms with Crippen molar-refractivity contribution in [2.24, 2.45) is 5.92 Å².